The molecule has 0 aromatic heterocycles. The predicted molar refractivity (Wildman–Crippen MR) is 74.4 cm³/mol. The fourth-order valence-electron chi connectivity index (χ4n) is 2.11. The third-order valence-electron chi connectivity index (χ3n) is 2.94. The van der Waals surface area contributed by atoms with Crippen molar-refractivity contribution in [2.45, 2.75) is 26.1 Å². The molecule has 8 heteroatoms. The van der Waals surface area contributed by atoms with Crippen LogP contribution in [0.15, 0.2) is 18.2 Å². The molecule has 1 aromatic rings. The summed E-state index contributed by atoms with van der Waals surface area (Å²) in [5.41, 5.74) is 0.704. The van der Waals surface area contributed by atoms with Crippen molar-refractivity contribution in [2.75, 3.05) is 20.2 Å². The molecule has 0 aliphatic rings. The molecule has 0 amide bonds. The van der Waals surface area contributed by atoms with Gasteiger partial charge in [-0.1, -0.05) is 19.1 Å². The summed E-state index contributed by atoms with van der Waals surface area (Å²) in [7, 11) is -0.251. The molecule has 0 fully saturated rings. The summed E-state index contributed by atoms with van der Waals surface area (Å²) >= 11 is 0. The van der Waals surface area contributed by atoms with Crippen LogP contribution in [0.2, 0.25) is 0 Å². The van der Waals surface area contributed by atoms with E-state index < -0.39 is 19.8 Å². The smallest absolute Gasteiger partial charge is 0.488 e. The zero-order valence-corrected chi connectivity index (χ0v) is 12.0. The Hall–Kier alpha value is -1.25. The van der Waals surface area contributed by atoms with Crippen LogP contribution in [-0.4, -0.2) is 48.4 Å². The number of alkyl halides is 3. The van der Waals surface area contributed by atoms with Gasteiger partial charge in [-0.2, -0.15) is 13.2 Å². The number of ether oxygens (including phenoxy) is 1. The van der Waals surface area contributed by atoms with Gasteiger partial charge in [0.25, 0.3) is 0 Å². The molecular formula is C13H19BF3NO3. The summed E-state index contributed by atoms with van der Waals surface area (Å²) < 4.78 is 42.8. The third-order valence-corrected chi connectivity index (χ3v) is 2.94. The molecule has 0 aliphatic carbocycles. The number of hydrogen-bond donors (Lipinski definition) is 2. The van der Waals surface area contributed by atoms with E-state index >= 15 is 0 Å². The monoisotopic (exact) mass is 305 g/mol. The third kappa shape index (κ3) is 5.95. The van der Waals surface area contributed by atoms with Crippen LogP contribution >= 0.6 is 0 Å². The maximum Gasteiger partial charge on any atom is 0.488 e. The van der Waals surface area contributed by atoms with Crippen LogP contribution in [0.1, 0.15) is 18.9 Å². The van der Waals surface area contributed by atoms with Crippen LogP contribution in [0.25, 0.3) is 0 Å². The van der Waals surface area contributed by atoms with E-state index in [9.17, 15) is 13.2 Å². The second-order valence-electron chi connectivity index (χ2n) is 4.77. The number of rotatable bonds is 7. The van der Waals surface area contributed by atoms with E-state index in [2.05, 4.69) is 0 Å². The van der Waals surface area contributed by atoms with Gasteiger partial charge in [0.1, 0.15) is 5.75 Å². The lowest BCUT2D eigenvalue weighted by atomic mass is 9.79. The summed E-state index contributed by atoms with van der Waals surface area (Å²) in [6.45, 7) is 1.09. The van der Waals surface area contributed by atoms with Crippen molar-refractivity contribution in [1.82, 2.24) is 4.90 Å². The van der Waals surface area contributed by atoms with E-state index in [1.165, 1.54) is 30.2 Å². The Labute approximate surface area is 122 Å². The molecule has 4 nitrogen and oxygen atoms in total. The molecule has 0 bridgehead atoms. The molecule has 0 aliphatic heterocycles. The summed E-state index contributed by atoms with van der Waals surface area (Å²) in [4.78, 5) is 1.26. The van der Waals surface area contributed by atoms with Gasteiger partial charge in [0.2, 0.25) is 0 Å². The minimum absolute atomic E-state index is 0.0249. The Balaban J connectivity index is 2.97. The first-order valence-electron chi connectivity index (χ1n) is 6.59. The van der Waals surface area contributed by atoms with E-state index in [4.69, 9.17) is 14.8 Å². The van der Waals surface area contributed by atoms with Gasteiger partial charge in [0, 0.05) is 12.1 Å². The Bertz CT molecular complexity index is 455. The van der Waals surface area contributed by atoms with Crippen LogP contribution in [0.3, 0.4) is 0 Å². The average molecular weight is 305 g/mol. The maximum absolute atomic E-state index is 12.6. The number of nitrogens with zero attached hydrogens (tertiary/aromatic N) is 1. The molecule has 0 spiro atoms. The van der Waals surface area contributed by atoms with Crippen molar-refractivity contribution in [1.29, 1.82) is 0 Å². The highest BCUT2D eigenvalue weighted by atomic mass is 19.4. The van der Waals surface area contributed by atoms with E-state index in [0.29, 0.717) is 17.7 Å². The number of methoxy groups -OCH3 is 1. The first-order chi connectivity index (χ1) is 9.76. The minimum Gasteiger partial charge on any atom is -0.496 e. The van der Waals surface area contributed by atoms with Gasteiger partial charge in [-0.3, -0.25) is 4.90 Å². The van der Waals surface area contributed by atoms with Gasteiger partial charge in [0.05, 0.1) is 13.7 Å². The molecule has 0 saturated carbocycles. The van der Waals surface area contributed by atoms with Crippen LogP contribution < -0.4 is 10.2 Å². The van der Waals surface area contributed by atoms with E-state index in [-0.39, 0.29) is 18.6 Å². The zero-order chi connectivity index (χ0) is 16.0. The van der Waals surface area contributed by atoms with E-state index in [1.807, 2.05) is 0 Å². The number of halogens is 3. The SMILES string of the molecule is CCCN(Cc1cc(B(O)O)ccc1OC)CC(F)(F)F. The second kappa shape index (κ2) is 7.67. The second-order valence-corrected chi connectivity index (χ2v) is 4.77. The molecule has 0 atom stereocenters. The van der Waals surface area contributed by atoms with Crippen molar-refractivity contribution < 1.29 is 28.0 Å². The van der Waals surface area contributed by atoms with Gasteiger partial charge in [0.15, 0.2) is 0 Å². The molecule has 1 aromatic carbocycles. The molecule has 0 saturated heterocycles. The van der Waals surface area contributed by atoms with Gasteiger partial charge in [-0.15, -0.1) is 0 Å². The lowest BCUT2D eigenvalue weighted by molar-refractivity contribution is -0.147. The number of hydrogen-bond acceptors (Lipinski definition) is 4. The average Bonchev–Trinajstić information content (AvgIpc) is 2.36. The van der Waals surface area contributed by atoms with Crippen LogP contribution in [0.4, 0.5) is 13.2 Å². The van der Waals surface area contributed by atoms with Gasteiger partial charge in [-0.25, -0.2) is 0 Å². The predicted octanol–water partition coefficient (Wildman–Crippen LogP) is 1.15. The highest BCUT2D eigenvalue weighted by molar-refractivity contribution is 6.58. The minimum atomic E-state index is -4.28. The van der Waals surface area contributed by atoms with Crippen LogP contribution in [-0.2, 0) is 6.54 Å². The highest BCUT2D eigenvalue weighted by Crippen LogP contribution is 2.22. The molecule has 21 heavy (non-hydrogen) atoms. The lowest BCUT2D eigenvalue weighted by Crippen LogP contribution is -2.35. The quantitative estimate of drug-likeness (QED) is 0.742. The Morgan fingerprint density at radius 2 is 1.95 bits per heavy atom. The fourth-order valence-corrected chi connectivity index (χ4v) is 2.11. The fraction of sp³-hybridized carbons (Fsp3) is 0.538. The summed E-state index contributed by atoms with van der Waals surface area (Å²) in [5, 5.41) is 18.3. The normalized spacial score (nSPS) is 11.8. The van der Waals surface area contributed by atoms with Crippen molar-refractivity contribution in [3.05, 3.63) is 23.8 Å². The topological polar surface area (TPSA) is 52.9 Å². The Morgan fingerprint density at radius 1 is 1.29 bits per heavy atom. The Morgan fingerprint density at radius 3 is 2.43 bits per heavy atom. The standard InChI is InChI=1S/C13H19BF3NO3/c1-3-6-18(9-13(15,16)17)8-10-7-11(14(19)20)4-5-12(10)21-2/h4-5,7,19-20H,3,6,8-9H2,1-2H3. The van der Waals surface area contributed by atoms with Crippen molar-refractivity contribution in [2.24, 2.45) is 0 Å². The summed E-state index contributed by atoms with van der Waals surface area (Å²) in [6.07, 6.45) is -3.70. The Kier molecular flexibility index (Phi) is 6.51. The summed E-state index contributed by atoms with van der Waals surface area (Å²) in [5.74, 6) is 0.419. The highest BCUT2D eigenvalue weighted by Gasteiger charge is 2.30. The first-order valence-corrected chi connectivity index (χ1v) is 6.59. The van der Waals surface area contributed by atoms with Crippen molar-refractivity contribution in [3.8, 4) is 5.75 Å². The number of benzene rings is 1. The first kappa shape index (κ1) is 17.8. The van der Waals surface area contributed by atoms with E-state index in [0.717, 1.165) is 0 Å². The lowest BCUT2D eigenvalue weighted by Gasteiger charge is -2.24. The van der Waals surface area contributed by atoms with Gasteiger partial charge in [-0.05, 0) is 24.5 Å². The molecular weight excluding hydrogens is 286 g/mol. The summed E-state index contributed by atoms with van der Waals surface area (Å²) in [6, 6.07) is 4.42. The molecule has 1 rings (SSSR count). The molecule has 0 radical (unpaired) electrons. The zero-order valence-electron chi connectivity index (χ0n) is 12.0. The van der Waals surface area contributed by atoms with Crippen molar-refractivity contribution >= 4 is 12.6 Å². The molecule has 2 N–H and O–H groups in total. The molecule has 0 unspecified atom stereocenters. The molecule has 118 valence electrons. The van der Waals surface area contributed by atoms with Gasteiger partial charge < -0.3 is 14.8 Å². The maximum atomic E-state index is 12.6. The van der Waals surface area contributed by atoms with Crippen molar-refractivity contribution in [3.63, 3.8) is 0 Å². The van der Waals surface area contributed by atoms with Crippen LogP contribution in [0.5, 0.6) is 5.75 Å². The van der Waals surface area contributed by atoms with Crippen LogP contribution in [0, 0.1) is 0 Å². The largest absolute Gasteiger partial charge is 0.496 e. The van der Waals surface area contributed by atoms with Gasteiger partial charge >= 0.3 is 13.3 Å². The van der Waals surface area contributed by atoms with E-state index in [1.54, 1.807) is 6.92 Å². The molecule has 0 heterocycles.